The maximum absolute atomic E-state index is 11.9. The fourth-order valence-corrected chi connectivity index (χ4v) is 3.73. The van der Waals surface area contributed by atoms with Crippen LogP contribution in [0.2, 0.25) is 0 Å². The van der Waals surface area contributed by atoms with Crippen LogP contribution in [0.1, 0.15) is 18.1 Å². The highest BCUT2D eigenvalue weighted by Crippen LogP contribution is 2.31. The Bertz CT molecular complexity index is 1050. The number of hydrogen-bond donors (Lipinski definition) is 1. The number of aliphatic imine (C=N–C) groups is 1. The number of nitrogens with one attached hydrogen (secondary N) is 1. The monoisotopic (exact) mass is 475 g/mol. The van der Waals surface area contributed by atoms with Gasteiger partial charge in [0.2, 0.25) is 5.91 Å². The van der Waals surface area contributed by atoms with Crippen molar-refractivity contribution in [3.8, 4) is 5.75 Å². The molecule has 1 N–H and O–H groups in total. The van der Waals surface area contributed by atoms with Gasteiger partial charge in [0.15, 0.2) is 5.17 Å². The van der Waals surface area contributed by atoms with Crippen molar-refractivity contribution in [3.63, 3.8) is 0 Å². The zero-order chi connectivity index (χ0) is 21.0. The molecular weight excluding hydrogens is 462 g/mol. The van der Waals surface area contributed by atoms with Crippen LogP contribution in [-0.4, -0.2) is 21.9 Å². The Morgan fingerprint density at radius 2 is 2.03 bits per heavy atom. The number of thioether (sulfide) groups is 1. The van der Waals surface area contributed by atoms with Crippen LogP contribution >= 0.6 is 27.7 Å². The second kappa shape index (κ2) is 9.01. The van der Waals surface area contributed by atoms with Gasteiger partial charge in [0.1, 0.15) is 12.4 Å². The van der Waals surface area contributed by atoms with E-state index in [1.165, 1.54) is 19.1 Å². The van der Waals surface area contributed by atoms with Gasteiger partial charge in [-0.1, -0.05) is 6.07 Å². The number of hydrogen-bond acceptors (Lipinski definition) is 6. The molecule has 0 fully saturated rings. The summed E-state index contributed by atoms with van der Waals surface area (Å²) < 4.78 is 6.44. The molecule has 2 amide bonds. The Hall–Kier alpha value is -2.98. The van der Waals surface area contributed by atoms with Crippen LogP contribution in [0.3, 0.4) is 0 Å². The second-order valence-corrected chi connectivity index (χ2v) is 7.80. The molecule has 29 heavy (non-hydrogen) atoms. The Morgan fingerprint density at radius 1 is 1.31 bits per heavy atom. The number of amidine groups is 1. The van der Waals surface area contributed by atoms with Crippen molar-refractivity contribution >= 4 is 56.4 Å². The summed E-state index contributed by atoms with van der Waals surface area (Å²) in [6, 6.07) is 11.5. The van der Waals surface area contributed by atoms with E-state index in [-0.39, 0.29) is 23.4 Å². The Morgan fingerprint density at radius 3 is 2.66 bits per heavy atom. The standard InChI is InChI=1S/C19H14BrN3O5S/c1-11(24)21-19-22-18(25)17(29-19)9-13-4-7-16(15(20)8-13)28-10-12-2-5-14(6-3-12)23(26)27/h2-9H,10H2,1H3,(H,21,22,24,25). The highest BCUT2D eigenvalue weighted by atomic mass is 79.9. The molecule has 0 bridgehead atoms. The van der Waals surface area contributed by atoms with Gasteiger partial charge in [0, 0.05) is 19.1 Å². The lowest BCUT2D eigenvalue weighted by Crippen LogP contribution is -2.23. The van der Waals surface area contributed by atoms with Crippen molar-refractivity contribution in [2.75, 3.05) is 0 Å². The summed E-state index contributed by atoms with van der Waals surface area (Å²) >= 11 is 4.54. The van der Waals surface area contributed by atoms with Crippen LogP contribution < -0.4 is 10.1 Å². The normalized spacial score (nSPS) is 14.6. The summed E-state index contributed by atoms with van der Waals surface area (Å²) in [6.07, 6.45) is 1.68. The molecule has 0 aliphatic carbocycles. The van der Waals surface area contributed by atoms with E-state index in [0.29, 0.717) is 15.1 Å². The van der Waals surface area contributed by atoms with E-state index < -0.39 is 10.8 Å². The van der Waals surface area contributed by atoms with Crippen molar-refractivity contribution < 1.29 is 19.2 Å². The number of ether oxygens (including phenoxy) is 1. The van der Waals surface area contributed by atoms with Gasteiger partial charge >= 0.3 is 0 Å². The largest absolute Gasteiger partial charge is 0.488 e. The predicted molar refractivity (Wildman–Crippen MR) is 113 cm³/mol. The van der Waals surface area contributed by atoms with Crippen molar-refractivity contribution in [1.82, 2.24) is 5.32 Å². The summed E-state index contributed by atoms with van der Waals surface area (Å²) in [5, 5.41) is 13.4. The SMILES string of the molecule is CC(=O)NC1=NC(=O)C(=Cc2ccc(OCc3ccc([N+](=O)[O-])cc3)c(Br)c2)S1. The molecule has 0 aromatic heterocycles. The minimum absolute atomic E-state index is 0.0253. The number of rotatable bonds is 5. The second-order valence-electron chi connectivity index (χ2n) is 5.92. The summed E-state index contributed by atoms with van der Waals surface area (Å²) in [6.45, 7) is 1.60. The number of amides is 2. The quantitative estimate of drug-likeness (QED) is 0.396. The lowest BCUT2D eigenvalue weighted by atomic mass is 10.2. The van der Waals surface area contributed by atoms with E-state index >= 15 is 0 Å². The molecule has 148 valence electrons. The molecule has 0 atom stereocenters. The summed E-state index contributed by atoms with van der Waals surface area (Å²) in [5.74, 6) is -0.109. The first kappa shape index (κ1) is 20.7. The molecule has 1 heterocycles. The zero-order valence-corrected chi connectivity index (χ0v) is 17.5. The van der Waals surface area contributed by atoms with Crippen LogP contribution in [0.5, 0.6) is 5.75 Å². The topological polar surface area (TPSA) is 111 Å². The van der Waals surface area contributed by atoms with Crippen molar-refractivity contribution in [3.05, 3.63) is 73.1 Å². The Kier molecular flexibility index (Phi) is 6.45. The van der Waals surface area contributed by atoms with E-state index in [2.05, 4.69) is 26.2 Å². The maximum Gasteiger partial charge on any atom is 0.286 e. The van der Waals surface area contributed by atoms with Crippen LogP contribution in [0.4, 0.5) is 5.69 Å². The third-order valence-electron chi connectivity index (χ3n) is 3.70. The van der Waals surface area contributed by atoms with Gasteiger partial charge < -0.3 is 10.1 Å². The first-order valence-electron chi connectivity index (χ1n) is 8.27. The zero-order valence-electron chi connectivity index (χ0n) is 15.0. The van der Waals surface area contributed by atoms with Gasteiger partial charge in [0.25, 0.3) is 11.6 Å². The number of carbonyl (C=O) groups is 2. The van der Waals surface area contributed by atoms with Crippen LogP contribution in [0, 0.1) is 10.1 Å². The number of benzene rings is 2. The summed E-state index contributed by atoms with van der Waals surface area (Å²) in [4.78, 5) is 37.5. The average Bonchev–Trinajstić information content (AvgIpc) is 2.99. The fourth-order valence-electron chi connectivity index (χ4n) is 2.36. The molecule has 10 heteroatoms. The first-order valence-corrected chi connectivity index (χ1v) is 9.88. The first-order chi connectivity index (χ1) is 13.8. The number of non-ortho nitro benzene ring substituents is 1. The molecule has 1 aliphatic heterocycles. The van der Waals surface area contributed by atoms with Crippen LogP contribution in [-0.2, 0) is 16.2 Å². The summed E-state index contributed by atoms with van der Waals surface area (Å²) in [7, 11) is 0. The van der Waals surface area contributed by atoms with Gasteiger partial charge in [-0.15, -0.1) is 0 Å². The van der Waals surface area contributed by atoms with E-state index in [9.17, 15) is 19.7 Å². The van der Waals surface area contributed by atoms with E-state index in [4.69, 9.17) is 4.74 Å². The lowest BCUT2D eigenvalue weighted by Gasteiger charge is -2.09. The van der Waals surface area contributed by atoms with Gasteiger partial charge in [-0.2, -0.15) is 4.99 Å². The molecule has 3 rings (SSSR count). The van der Waals surface area contributed by atoms with E-state index in [0.717, 1.165) is 22.9 Å². The van der Waals surface area contributed by atoms with Gasteiger partial charge in [-0.05, 0) is 69.2 Å². The van der Waals surface area contributed by atoms with Gasteiger partial charge in [-0.3, -0.25) is 19.7 Å². The maximum atomic E-state index is 11.9. The molecule has 8 nitrogen and oxygen atoms in total. The van der Waals surface area contributed by atoms with Crippen LogP contribution in [0.25, 0.3) is 6.08 Å². The highest BCUT2D eigenvalue weighted by Gasteiger charge is 2.22. The fraction of sp³-hybridized carbons (Fsp3) is 0.105. The third-order valence-corrected chi connectivity index (χ3v) is 5.22. The van der Waals surface area contributed by atoms with Gasteiger partial charge in [-0.25, -0.2) is 0 Å². The molecule has 0 unspecified atom stereocenters. The molecular formula is C19H14BrN3O5S. The lowest BCUT2D eigenvalue weighted by molar-refractivity contribution is -0.384. The molecule has 0 spiro atoms. The highest BCUT2D eigenvalue weighted by molar-refractivity contribution is 9.10. The average molecular weight is 476 g/mol. The molecule has 2 aromatic carbocycles. The number of nitrogens with zero attached hydrogens (tertiary/aromatic N) is 2. The van der Waals surface area contributed by atoms with E-state index in [1.54, 1.807) is 36.4 Å². The van der Waals surface area contributed by atoms with Crippen LogP contribution in [0.15, 0.2) is 56.8 Å². The number of nitro benzene ring substituents is 1. The van der Waals surface area contributed by atoms with Crippen molar-refractivity contribution in [2.24, 2.45) is 4.99 Å². The Balaban J connectivity index is 1.65. The predicted octanol–water partition coefficient (Wildman–Crippen LogP) is 4.04. The van der Waals surface area contributed by atoms with Gasteiger partial charge in [0.05, 0.1) is 14.3 Å². The van der Waals surface area contributed by atoms with Crippen molar-refractivity contribution in [1.29, 1.82) is 0 Å². The molecule has 0 saturated carbocycles. The minimum Gasteiger partial charge on any atom is -0.488 e. The van der Waals surface area contributed by atoms with Crippen molar-refractivity contribution in [2.45, 2.75) is 13.5 Å². The number of halogens is 1. The molecule has 0 saturated heterocycles. The minimum atomic E-state index is -0.452. The third kappa shape index (κ3) is 5.52. The molecule has 0 radical (unpaired) electrons. The molecule has 2 aromatic rings. The molecule has 1 aliphatic rings. The summed E-state index contributed by atoms with van der Waals surface area (Å²) in [5.41, 5.74) is 1.58. The van der Waals surface area contributed by atoms with E-state index in [1.807, 2.05) is 0 Å². The Labute approximate surface area is 178 Å². The smallest absolute Gasteiger partial charge is 0.286 e. The number of nitro groups is 1. The number of carbonyl (C=O) groups excluding carboxylic acids is 2.